The van der Waals surface area contributed by atoms with Crippen molar-refractivity contribution in [1.29, 1.82) is 0 Å². The van der Waals surface area contributed by atoms with Crippen molar-refractivity contribution >= 4 is 0 Å². The molecule has 2 heterocycles. The summed E-state index contributed by atoms with van der Waals surface area (Å²) >= 11 is 0. The first-order chi connectivity index (χ1) is 6.74. The van der Waals surface area contributed by atoms with Crippen molar-refractivity contribution in [3.63, 3.8) is 0 Å². The highest BCUT2D eigenvalue weighted by Gasteiger charge is 2.20. The van der Waals surface area contributed by atoms with Crippen molar-refractivity contribution in [2.75, 3.05) is 20.1 Å². The van der Waals surface area contributed by atoms with Crippen molar-refractivity contribution in [1.82, 2.24) is 14.9 Å². The lowest BCUT2D eigenvalue weighted by Gasteiger charge is -2.12. The van der Waals surface area contributed by atoms with Gasteiger partial charge in [-0.1, -0.05) is 0 Å². The Morgan fingerprint density at radius 2 is 2.14 bits per heavy atom. The Balaban J connectivity index is 1.94. The third kappa shape index (κ3) is 2.20. The molecule has 1 saturated heterocycles. The van der Waals surface area contributed by atoms with E-state index < -0.39 is 0 Å². The van der Waals surface area contributed by atoms with E-state index in [-0.39, 0.29) is 0 Å². The second kappa shape index (κ2) is 3.92. The van der Waals surface area contributed by atoms with Gasteiger partial charge in [0.2, 0.25) is 0 Å². The second-order valence-electron chi connectivity index (χ2n) is 3.76. The molecule has 1 aromatic rings. The van der Waals surface area contributed by atoms with Crippen molar-refractivity contribution in [2.24, 2.45) is 0 Å². The van der Waals surface area contributed by atoms with Gasteiger partial charge in [0.25, 0.3) is 0 Å². The molecule has 1 aliphatic rings. The summed E-state index contributed by atoms with van der Waals surface area (Å²) in [7, 11) is 2.11. The SMILES string of the molecule is Cc1ncc(O[C@@H]2CCN(C)C2)cn1. The summed E-state index contributed by atoms with van der Waals surface area (Å²) in [5, 5.41) is 0. The molecule has 0 N–H and O–H groups in total. The Morgan fingerprint density at radius 3 is 2.71 bits per heavy atom. The van der Waals surface area contributed by atoms with Crippen LogP contribution in [0.5, 0.6) is 5.75 Å². The predicted molar refractivity (Wildman–Crippen MR) is 53.3 cm³/mol. The Kier molecular flexibility index (Phi) is 2.63. The van der Waals surface area contributed by atoms with Gasteiger partial charge < -0.3 is 9.64 Å². The van der Waals surface area contributed by atoms with Gasteiger partial charge in [0.05, 0.1) is 12.4 Å². The van der Waals surface area contributed by atoms with E-state index >= 15 is 0 Å². The number of aryl methyl sites for hydroxylation is 1. The quantitative estimate of drug-likeness (QED) is 0.698. The van der Waals surface area contributed by atoms with Crippen LogP contribution in [0, 0.1) is 6.92 Å². The minimum Gasteiger partial charge on any atom is -0.486 e. The summed E-state index contributed by atoms with van der Waals surface area (Å²) in [5.41, 5.74) is 0. The van der Waals surface area contributed by atoms with Crippen LogP contribution in [0.25, 0.3) is 0 Å². The van der Waals surface area contributed by atoms with Gasteiger partial charge in [-0.05, 0) is 20.4 Å². The summed E-state index contributed by atoms with van der Waals surface area (Å²) in [4.78, 5) is 10.4. The average molecular weight is 193 g/mol. The van der Waals surface area contributed by atoms with Crippen molar-refractivity contribution in [2.45, 2.75) is 19.4 Å². The zero-order valence-corrected chi connectivity index (χ0v) is 8.60. The summed E-state index contributed by atoms with van der Waals surface area (Å²) in [6.07, 6.45) is 4.86. The van der Waals surface area contributed by atoms with E-state index in [2.05, 4.69) is 21.9 Å². The average Bonchev–Trinajstić information content (AvgIpc) is 2.56. The molecule has 4 heteroatoms. The van der Waals surface area contributed by atoms with Gasteiger partial charge in [0, 0.05) is 13.1 Å². The fourth-order valence-electron chi connectivity index (χ4n) is 1.62. The zero-order chi connectivity index (χ0) is 9.97. The minimum atomic E-state index is 0.298. The van der Waals surface area contributed by atoms with Gasteiger partial charge in [-0.3, -0.25) is 0 Å². The van der Waals surface area contributed by atoms with Crippen LogP contribution in [0.2, 0.25) is 0 Å². The van der Waals surface area contributed by atoms with Gasteiger partial charge >= 0.3 is 0 Å². The summed E-state index contributed by atoms with van der Waals surface area (Å²) in [6, 6.07) is 0. The molecule has 1 fully saturated rings. The molecule has 0 saturated carbocycles. The first-order valence-corrected chi connectivity index (χ1v) is 4.88. The van der Waals surface area contributed by atoms with Crippen molar-refractivity contribution < 1.29 is 4.74 Å². The van der Waals surface area contributed by atoms with E-state index in [0.29, 0.717) is 6.10 Å². The molecule has 0 aliphatic carbocycles. The van der Waals surface area contributed by atoms with Crippen LogP contribution in [0.15, 0.2) is 12.4 Å². The number of aromatic nitrogens is 2. The van der Waals surface area contributed by atoms with Crippen LogP contribution in [-0.2, 0) is 0 Å². The number of likely N-dealkylation sites (N-methyl/N-ethyl adjacent to an activating group) is 1. The van der Waals surface area contributed by atoms with Crippen LogP contribution < -0.4 is 4.74 Å². The van der Waals surface area contributed by atoms with E-state index in [0.717, 1.165) is 31.1 Å². The summed E-state index contributed by atoms with van der Waals surface area (Å²) in [5.74, 6) is 1.55. The molecular weight excluding hydrogens is 178 g/mol. The molecule has 0 bridgehead atoms. The van der Waals surface area contributed by atoms with Crippen LogP contribution in [0.3, 0.4) is 0 Å². The standard InChI is InChI=1S/C10H15N3O/c1-8-11-5-10(6-12-8)14-9-3-4-13(2)7-9/h5-6,9H,3-4,7H2,1-2H3/t9-/m1/s1. The lowest BCUT2D eigenvalue weighted by Crippen LogP contribution is -2.21. The van der Waals surface area contributed by atoms with Crippen LogP contribution in [0.1, 0.15) is 12.2 Å². The number of rotatable bonds is 2. The Bertz CT molecular complexity index is 299. The highest BCUT2D eigenvalue weighted by Crippen LogP contribution is 2.15. The van der Waals surface area contributed by atoms with Crippen LogP contribution in [0.4, 0.5) is 0 Å². The third-order valence-corrected chi connectivity index (χ3v) is 2.41. The fraction of sp³-hybridized carbons (Fsp3) is 0.600. The van der Waals surface area contributed by atoms with E-state index in [1.54, 1.807) is 12.4 Å². The maximum atomic E-state index is 5.73. The maximum absolute atomic E-state index is 5.73. The first-order valence-electron chi connectivity index (χ1n) is 4.88. The number of ether oxygens (including phenoxy) is 1. The second-order valence-corrected chi connectivity index (χ2v) is 3.76. The molecule has 4 nitrogen and oxygen atoms in total. The molecule has 14 heavy (non-hydrogen) atoms. The molecule has 0 radical (unpaired) electrons. The molecule has 0 aromatic carbocycles. The lowest BCUT2D eigenvalue weighted by molar-refractivity contribution is 0.206. The fourth-order valence-corrected chi connectivity index (χ4v) is 1.62. The smallest absolute Gasteiger partial charge is 0.156 e. The van der Waals surface area contributed by atoms with Crippen LogP contribution >= 0.6 is 0 Å². The third-order valence-electron chi connectivity index (χ3n) is 2.41. The topological polar surface area (TPSA) is 38.2 Å². The van der Waals surface area contributed by atoms with Crippen LogP contribution in [-0.4, -0.2) is 41.1 Å². The van der Waals surface area contributed by atoms with Crippen molar-refractivity contribution in [3.05, 3.63) is 18.2 Å². The highest BCUT2D eigenvalue weighted by atomic mass is 16.5. The van der Waals surface area contributed by atoms with Gasteiger partial charge in [-0.2, -0.15) is 0 Å². The number of hydrogen-bond acceptors (Lipinski definition) is 4. The Hall–Kier alpha value is -1.16. The van der Waals surface area contributed by atoms with E-state index in [4.69, 9.17) is 4.74 Å². The van der Waals surface area contributed by atoms with Gasteiger partial charge in [0.15, 0.2) is 5.75 Å². The number of nitrogens with zero attached hydrogens (tertiary/aromatic N) is 3. The summed E-state index contributed by atoms with van der Waals surface area (Å²) in [6.45, 7) is 3.97. The lowest BCUT2D eigenvalue weighted by atomic mass is 10.3. The predicted octanol–water partition coefficient (Wildman–Crippen LogP) is 0.868. The van der Waals surface area contributed by atoms with E-state index in [1.165, 1.54) is 0 Å². The minimum absolute atomic E-state index is 0.298. The molecular formula is C10H15N3O. The maximum Gasteiger partial charge on any atom is 0.156 e. The molecule has 1 aromatic heterocycles. The molecule has 76 valence electrons. The Morgan fingerprint density at radius 1 is 1.43 bits per heavy atom. The van der Waals surface area contributed by atoms with Crippen molar-refractivity contribution in [3.8, 4) is 5.75 Å². The first kappa shape index (κ1) is 9.40. The Labute approximate surface area is 83.9 Å². The molecule has 0 spiro atoms. The summed E-state index contributed by atoms with van der Waals surface area (Å²) < 4.78 is 5.73. The highest BCUT2D eigenvalue weighted by molar-refractivity contribution is 5.12. The molecule has 0 amide bonds. The normalized spacial score (nSPS) is 22.6. The zero-order valence-electron chi connectivity index (χ0n) is 8.60. The van der Waals surface area contributed by atoms with Gasteiger partial charge in [-0.15, -0.1) is 0 Å². The van der Waals surface area contributed by atoms with Gasteiger partial charge in [-0.25, -0.2) is 9.97 Å². The number of likely N-dealkylation sites (tertiary alicyclic amines) is 1. The van der Waals surface area contributed by atoms with E-state index in [1.807, 2.05) is 6.92 Å². The van der Waals surface area contributed by atoms with Gasteiger partial charge in [0.1, 0.15) is 11.9 Å². The molecule has 2 rings (SSSR count). The molecule has 0 unspecified atom stereocenters. The largest absolute Gasteiger partial charge is 0.486 e. The monoisotopic (exact) mass is 193 g/mol. The number of hydrogen-bond donors (Lipinski definition) is 0. The van der Waals surface area contributed by atoms with E-state index in [9.17, 15) is 0 Å². The molecule has 1 aliphatic heterocycles. The molecule has 1 atom stereocenters.